The van der Waals surface area contributed by atoms with Crippen molar-refractivity contribution in [3.63, 3.8) is 0 Å². The molecule has 1 unspecified atom stereocenters. The van der Waals surface area contributed by atoms with Crippen LogP contribution in [0.15, 0.2) is 30.3 Å². The quantitative estimate of drug-likeness (QED) is 0.625. The van der Waals surface area contributed by atoms with Gasteiger partial charge in [-0.1, -0.05) is 57.5 Å². The van der Waals surface area contributed by atoms with Crippen molar-refractivity contribution < 1.29 is 4.39 Å². The van der Waals surface area contributed by atoms with Crippen LogP contribution >= 0.6 is 0 Å². The summed E-state index contributed by atoms with van der Waals surface area (Å²) in [5.41, 5.74) is 1.03. The average Bonchev–Trinajstić information content (AvgIpc) is 2.30. The van der Waals surface area contributed by atoms with Crippen molar-refractivity contribution in [2.24, 2.45) is 5.41 Å². The third-order valence-electron chi connectivity index (χ3n) is 3.19. The molecule has 0 aliphatic carbocycles. The molecular weight excluding hydrogens is 199 g/mol. The van der Waals surface area contributed by atoms with Crippen LogP contribution in [0.5, 0.6) is 0 Å². The number of hydrogen-bond donors (Lipinski definition) is 0. The first-order chi connectivity index (χ1) is 7.55. The third-order valence-corrected chi connectivity index (χ3v) is 3.19. The largest absolute Gasteiger partial charge is 0.242 e. The number of benzene rings is 1. The molecule has 0 aliphatic heterocycles. The molecule has 0 heterocycles. The molecule has 0 N–H and O–H groups in total. The Labute approximate surface area is 98.9 Å². The highest BCUT2D eigenvalue weighted by molar-refractivity contribution is 5.17. The number of rotatable bonds is 6. The van der Waals surface area contributed by atoms with Crippen LogP contribution in [0.25, 0.3) is 0 Å². The fraction of sp³-hybridized carbons (Fsp3) is 0.533. The highest BCUT2D eigenvalue weighted by Gasteiger charge is 2.16. The minimum atomic E-state index is -0.829. The molecule has 89 valence electrons. The Balaban J connectivity index is 2.34. The van der Waals surface area contributed by atoms with Gasteiger partial charge in [-0.2, -0.15) is 0 Å². The van der Waals surface area contributed by atoms with Gasteiger partial charge < -0.3 is 0 Å². The number of alkyl halides is 1. The standard InChI is InChI=1S/C15H22F/c1-4-15(2,3)12-8-11-14(16)13-9-6-5-7-10-13/h5-7,9-10,12,14H,4,8,11H2,1-3H3. The van der Waals surface area contributed by atoms with E-state index in [1.165, 1.54) is 0 Å². The molecule has 16 heavy (non-hydrogen) atoms. The summed E-state index contributed by atoms with van der Waals surface area (Å²) in [6.45, 7) is 6.56. The van der Waals surface area contributed by atoms with E-state index in [-0.39, 0.29) is 5.41 Å². The Bertz CT molecular complexity index is 290. The van der Waals surface area contributed by atoms with Crippen molar-refractivity contribution in [3.8, 4) is 0 Å². The minimum Gasteiger partial charge on any atom is -0.242 e. The second kappa shape index (κ2) is 6.03. The van der Waals surface area contributed by atoms with Gasteiger partial charge >= 0.3 is 0 Å². The molecule has 0 aromatic heterocycles. The summed E-state index contributed by atoms with van der Waals surface area (Å²) in [5, 5.41) is 0. The first-order valence-electron chi connectivity index (χ1n) is 6.08. The van der Waals surface area contributed by atoms with Crippen LogP contribution in [-0.2, 0) is 0 Å². The fourth-order valence-electron chi connectivity index (χ4n) is 1.59. The molecule has 1 rings (SSSR count). The maximum absolute atomic E-state index is 13.8. The number of halogens is 1. The third kappa shape index (κ3) is 4.34. The molecule has 1 aromatic rings. The maximum atomic E-state index is 13.8. The normalized spacial score (nSPS) is 13.8. The van der Waals surface area contributed by atoms with Gasteiger partial charge in [0.2, 0.25) is 0 Å². The summed E-state index contributed by atoms with van der Waals surface area (Å²) < 4.78 is 13.8. The van der Waals surface area contributed by atoms with Gasteiger partial charge in [0.25, 0.3) is 0 Å². The van der Waals surface area contributed by atoms with E-state index in [0.717, 1.165) is 18.4 Å². The van der Waals surface area contributed by atoms with E-state index in [4.69, 9.17) is 0 Å². The molecule has 0 aliphatic rings. The lowest BCUT2D eigenvalue weighted by Crippen LogP contribution is -2.10. The van der Waals surface area contributed by atoms with Crippen molar-refractivity contribution in [3.05, 3.63) is 42.3 Å². The van der Waals surface area contributed by atoms with E-state index in [1.54, 1.807) is 0 Å². The van der Waals surface area contributed by atoms with Crippen molar-refractivity contribution in [1.29, 1.82) is 0 Å². The summed E-state index contributed by atoms with van der Waals surface area (Å²) in [6, 6.07) is 9.41. The van der Waals surface area contributed by atoms with Crippen LogP contribution in [0.1, 0.15) is 51.8 Å². The van der Waals surface area contributed by atoms with Gasteiger partial charge in [0.05, 0.1) is 0 Å². The highest BCUT2D eigenvalue weighted by atomic mass is 19.1. The molecule has 1 atom stereocenters. The summed E-state index contributed by atoms with van der Waals surface area (Å²) in [6.07, 6.45) is 3.95. The lowest BCUT2D eigenvalue weighted by atomic mass is 9.84. The van der Waals surface area contributed by atoms with Crippen LogP contribution in [0.2, 0.25) is 0 Å². The molecule has 0 saturated heterocycles. The first-order valence-corrected chi connectivity index (χ1v) is 6.08. The van der Waals surface area contributed by atoms with Crippen LogP contribution in [0.3, 0.4) is 0 Å². The van der Waals surface area contributed by atoms with Crippen molar-refractivity contribution in [2.75, 3.05) is 0 Å². The van der Waals surface area contributed by atoms with Gasteiger partial charge in [-0.15, -0.1) is 0 Å². The zero-order valence-electron chi connectivity index (χ0n) is 10.5. The van der Waals surface area contributed by atoms with Crippen LogP contribution in [0, 0.1) is 11.8 Å². The summed E-state index contributed by atoms with van der Waals surface area (Å²) >= 11 is 0. The summed E-state index contributed by atoms with van der Waals surface area (Å²) in [7, 11) is 0. The Morgan fingerprint density at radius 2 is 1.88 bits per heavy atom. The van der Waals surface area contributed by atoms with Crippen LogP contribution in [0.4, 0.5) is 4.39 Å². The Kier molecular flexibility index (Phi) is 4.98. The van der Waals surface area contributed by atoms with E-state index >= 15 is 0 Å². The first kappa shape index (κ1) is 13.2. The van der Waals surface area contributed by atoms with Gasteiger partial charge in [-0.25, -0.2) is 4.39 Å². The Morgan fingerprint density at radius 3 is 2.44 bits per heavy atom. The van der Waals surface area contributed by atoms with E-state index in [2.05, 4.69) is 27.2 Å². The molecule has 1 heteroatoms. The molecule has 0 nitrogen and oxygen atoms in total. The fourth-order valence-corrected chi connectivity index (χ4v) is 1.59. The molecule has 0 fully saturated rings. The van der Waals surface area contributed by atoms with E-state index < -0.39 is 6.17 Å². The minimum absolute atomic E-state index is 0.233. The molecular formula is C15H22F. The van der Waals surface area contributed by atoms with Gasteiger partial charge in [0, 0.05) is 0 Å². The monoisotopic (exact) mass is 221 g/mol. The molecule has 0 amide bonds. The zero-order chi connectivity index (χ0) is 12.0. The molecule has 0 saturated carbocycles. The lowest BCUT2D eigenvalue weighted by molar-refractivity contribution is 0.308. The molecule has 0 spiro atoms. The summed E-state index contributed by atoms with van der Waals surface area (Å²) in [4.78, 5) is 0. The van der Waals surface area contributed by atoms with Gasteiger partial charge in [0.15, 0.2) is 0 Å². The van der Waals surface area contributed by atoms with Gasteiger partial charge in [-0.3, -0.25) is 0 Å². The van der Waals surface area contributed by atoms with Crippen molar-refractivity contribution >= 4 is 0 Å². The molecule has 0 bridgehead atoms. The predicted molar refractivity (Wildman–Crippen MR) is 67.9 cm³/mol. The Morgan fingerprint density at radius 1 is 1.25 bits per heavy atom. The molecule has 1 radical (unpaired) electrons. The van der Waals surface area contributed by atoms with E-state index in [9.17, 15) is 4.39 Å². The van der Waals surface area contributed by atoms with Crippen LogP contribution < -0.4 is 0 Å². The molecule has 1 aromatic carbocycles. The topological polar surface area (TPSA) is 0 Å². The van der Waals surface area contributed by atoms with Gasteiger partial charge in [0.1, 0.15) is 6.17 Å². The Hall–Kier alpha value is -0.850. The number of hydrogen-bond acceptors (Lipinski definition) is 0. The van der Waals surface area contributed by atoms with Crippen molar-refractivity contribution in [1.82, 2.24) is 0 Å². The second-order valence-corrected chi connectivity index (χ2v) is 5.00. The van der Waals surface area contributed by atoms with Crippen LogP contribution in [-0.4, -0.2) is 0 Å². The second-order valence-electron chi connectivity index (χ2n) is 5.00. The predicted octanol–water partition coefficient (Wildman–Crippen LogP) is 5.12. The van der Waals surface area contributed by atoms with Gasteiger partial charge in [-0.05, 0) is 30.2 Å². The maximum Gasteiger partial charge on any atom is 0.125 e. The highest BCUT2D eigenvalue weighted by Crippen LogP contribution is 2.29. The lowest BCUT2D eigenvalue weighted by Gasteiger charge is -2.22. The van der Waals surface area contributed by atoms with E-state index in [1.807, 2.05) is 30.3 Å². The van der Waals surface area contributed by atoms with Crippen molar-refractivity contribution in [2.45, 2.75) is 46.2 Å². The SMILES string of the molecule is CCC(C)(C)[CH]CCC(F)c1ccccc1. The zero-order valence-corrected chi connectivity index (χ0v) is 10.5. The van der Waals surface area contributed by atoms with E-state index in [0.29, 0.717) is 6.42 Å². The smallest absolute Gasteiger partial charge is 0.125 e. The summed E-state index contributed by atoms with van der Waals surface area (Å²) in [5.74, 6) is 0. The average molecular weight is 221 g/mol.